The maximum Gasteiger partial charge on any atom is 0.0757 e. The third kappa shape index (κ3) is 1.92. The third-order valence-corrected chi connectivity index (χ3v) is 5.28. The van der Waals surface area contributed by atoms with Crippen molar-refractivity contribution in [1.29, 1.82) is 0 Å². The Balaban J connectivity index is 1.51. The normalized spacial score (nSPS) is 40.3. The van der Waals surface area contributed by atoms with Crippen LogP contribution in [-0.4, -0.2) is 29.4 Å². The topological polar surface area (TPSA) is 15.3 Å². The summed E-state index contributed by atoms with van der Waals surface area (Å²) in [5.41, 5.74) is 0. The summed E-state index contributed by atoms with van der Waals surface area (Å²) in [7, 11) is 2.18. The van der Waals surface area contributed by atoms with Crippen LogP contribution in [0.15, 0.2) is 11.1 Å². The zero-order chi connectivity index (χ0) is 10.4. The van der Waals surface area contributed by atoms with E-state index in [0.717, 1.165) is 18.0 Å². The van der Waals surface area contributed by atoms with Crippen molar-refractivity contribution in [3.05, 3.63) is 11.1 Å². The van der Waals surface area contributed by atoms with Crippen LogP contribution >= 0.6 is 11.8 Å². The van der Waals surface area contributed by atoms with E-state index in [0.29, 0.717) is 5.37 Å². The molecule has 0 amide bonds. The fourth-order valence-electron chi connectivity index (χ4n) is 2.37. The lowest BCUT2D eigenvalue weighted by atomic mass is 9.93. The lowest BCUT2D eigenvalue weighted by Gasteiger charge is -2.26. The van der Waals surface area contributed by atoms with Gasteiger partial charge in [0.05, 0.1) is 5.37 Å². The minimum atomic E-state index is 0.643. The van der Waals surface area contributed by atoms with Gasteiger partial charge in [0.15, 0.2) is 0 Å². The first kappa shape index (κ1) is 10.0. The second kappa shape index (κ2) is 3.70. The van der Waals surface area contributed by atoms with Gasteiger partial charge in [-0.2, -0.15) is 0 Å². The molecule has 3 unspecified atom stereocenters. The van der Waals surface area contributed by atoms with Crippen LogP contribution in [0, 0.1) is 5.92 Å². The Morgan fingerprint density at radius 3 is 2.80 bits per heavy atom. The highest BCUT2D eigenvalue weighted by Gasteiger charge is 2.43. The molecule has 0 spiro atoms. The molecule has 0 aromatic heterocycles. The Bertz CT molecular complexity index is 285. The predicted molar refractivity (Wildman–Crippen MR) is 65.6 cm³/mol. The molecule has 3 aliphatic rings. The summed E-state index contributed by atoms with van der Waals surface area (Å²) >= 11 is 2.05. The van der Waals surface area contributed by atoms with E-state index in [1.54, 1.807) is 4.91 Å². The minimum Gasteiger partial charge on any atom is -0.368 e. The van der Waals surface area contributed by atoms with Crippen molar-refractivity contribution in [2.45, 2.75) is 50.1 Å². The van der Waals surface area contributed by atoms with Crippen LogP contribution in [0.2, 0.25) is 0 Å². The standard InChI is InChI=1S/C12H20N2S/c1-8-14(2)7-12(15-8)10-6-11(10)13-9-4-3-5-9/h7-11,13H,3-6H2,1-2H3. The summed E-state index contributed by atoms with van der Waals surface area (Å²) < 4.78 is 0. The summed E-state index contributed by atoms with van der Waals surface area (Å²) in [5, 5.41) is 4.42. The molecule has 0 bridgehead atoms. The van der Waals surface area contributed by atoms with Crippen molar-refractivity contribution >= 4 is 11.8 Å². The fraction of sp³-hybridized carbons (Fsp3) is 0.833. The summed E-state index contributed by atoms with van der Waals surface area (Å²) in [4.78, 5) is 3.94. The van der Waals surface area contributed by atoms with Gasteiger partial charge in [-0.25, -0.2) is 0 Å². The molecule has 2 saturated carbocycles. The molecular formula is C12H20N2S. The number of nitrogens with zero attached hydrogens (tertiary/aromatic N) is 1. The van der Waals surface area contributed by atoms with Crippen LogP contribution in [0.25, 0.3) is 0 Å². The van der Waals surface area contributed by atoms with Crippen molar-refractivity contribution < 1.29 is 0 Å². The van der Waals surface area contributed by atoms with Gasteiger partial charge < -0.3 is 10.2 Å². The van der Waals surface area contributed by atoms with Gasteiger partial charge >= 0.3 is 0 Å². The average Bonchev–Trinajstić information content (AvgIpc) is 2.82. The summed E-state index contributed by atoms with van der Waals surface area (Å²) in [5.74, 6) is 0.836. The van der Waals surface area contributed by atoms with E-state index in [1.165, 1.54) is 25.7 Å². The van der Waals surface area contributed by atoms with Crippen LogP contribution in [0.5, 0.6) is 0 Å². The second-order valence-electron chi connectivity index (χ2n) is 5.16. The van der Waals surface area contributed by atoms with Crippen molar-refractivity contribution in [1.82, 2.24) is 10.2 Å². The summed E-state index contributed by atoms with van der Waals surface area (Å²) in [6.45, 7) is 2.28. The molecule has 0 radical (unpaired) electrons. The molecule has 3 atom stereocenters. The molecule has 2 aliphatic carbocycles. The van der Waals surface area contributed by atoms with E-state index in [9.17, 15) is 0 Å². The fourth-order valence-corrected chi connectivity index (χ4v) is 3.65. The van der Waals surface area contributed by atoms with Gasteiger partial charge in [-0.05, 0) is 26.2 Å². The molecule has 1 N–H and O–H groups in total. The highest BCUT2D eigenvalue weighted by molar-refractivity contribution is 8.03. The van der Waals surface area contributed by atoms with Crippen LogP contribution in [-0.2, 0) is 0 Å². The Labute approximate surface area is 96.5 Å². The van der Waals surface area contributed by atoms with Crippen molar-refractivity contribution in [2.24, 2.45) is 5.92 Å². The van der Waals surface area contributed by atoms with E-state index in [2.05, 4.69) is 30.4 Å². The largest absolute Gasteiger partial charge is 0.368 e. The maximum absolute atomic E-state index is 3.77. The van der Waals surface area contributed by atoms with Crippen LogP contribution in [0.4, 0.5) is 0 Å². The van der Waals surface area contributed by atoms with Gasteiger partial charge in [0.25, 0.3) is 0 Å². The van der Waals surface area contributed by atoms with Crippen molar-refractivity contribution in [3.8, 4) is 0 Å². The van der Waals surface area contributed by atoms with E-state index in [1.807, 2.05) is 11.8 Å². The predicted octanol–water partition coefficient (Wildman–Crippen LogP) is 2.38. The first-order valence-electron chi connectivity index (χ1n) is 6.10. The quantitative estimate of drug-likeness (QED) is 0.792. The smallest absolute Gasteiger partial charge is 0.0757 e. The van der Waals surface area contributed by atoms with Gasteiger partial charge in [-0.3, -0.25) is 0 Å². The van der Waals surface area contributed by atoms with E-state index >= 15 is 0 Å². The minimum absolute atomic E-state index is 0.643. The second-order valence-corrected chi connectivity index (χ2v) is 6.55. The lowest BCUT2D eigenvalue weighted by molar-refractivity contribution is 0.334. The number of hydrogen-bond donors (Lipinski definition) is 1. The van der Waals surface area contributed by atoms with Gasteiger partial charge in [0.1, 0.15) is 0 Å². The number of thioether (sulfide) groups is 1. The highest BCUT2D eigenvalue weighted by Crippen LogP contribution is 2.48. The Morgan fingerprint density at radius 2 is 2.27 bits per heavy atom. The molecule has 0 aromatic rings. The Hall–Kier alpha value is -0.150. The molecule has 2 fully saturated rings. The summed E-state index contributed by atoms with van der Waals surface area (Å²) in [6.07, 6.45) is 7.97. The number of nitrogens with one attached hydrogen (secondary N) is 1. The Kier molecular flexibility index (Phi) is 2.48. The molecule has 3 heteroatoms. The van der Waals surface area contributed by atoms with Gasteiger partial charge in [0.2, 0.25) is 0 Å². The molecule has 1 aliphatic heterocycles. The monoisotopic (exact) mass is 224 g/mol. The van der Waals surface area contributed by atoms with E-state index in [-0.39, 0.29) is 0 Å². The van der Waals surface area contributed by atoms with Gasteiger partial charge in [-0.15, -0.1) is 11.8 Å². The first-order chi connectivity index (χ1) is 7.24. The molecule has 3 rings (SSSR count). The van der Waals surface area contributed by atoms with Crippen LogP contribution in [0.1, 0.15) is 32.6 Å². The molecule has 84 valence electrons. The zero-order valence-corrected chi connectivity index (χ0v) is 10.4. The third-order valence-electron chi connectivity index (χ3n) is 3.92. The van der Waals surface area contributed by atoms with E-state index in [4.69, 9.17) is 0 Å². The molecule has 1 heterocycles. The number of hydrogen-bond acceptors (Lipinski definition) is 3. The van der Waals surface area contributed by atoms with Crippen molar-refractivity contribution in [3.63, 3.8) is 0 Å². The first-order valence-corrected chi connectivity index (χ1v) is 6.98. The van der Waals surface area contributed by atoms with Crippen LogP contribution < -0.4 is 5.32 Å². The van der Waals surface area contributed by atoms with Gasteiger partial charge in [-0.1, -0.05) is 6.42 Å². The molecule has 2 nitrogen and oxygen atoms in total. The molecular weight excluding hydrogens is 204 g/mol. The highest BCUT2D eigenvalue weighted by atomic mass is 32.2. The van der Waals surface area contributed by atoms with E-state index < -0.39 is 0 Å². The van der Waals surface area contributed by atoms with Gasteiger partial charge in [0, 0.05) is 36.2 Å². The zero-order valence-electron chi connectivity index (χ0n) is 9.57. The molecule has 15 heavy (non-hydrogen) atoms. The summed E-state index contributed by atoms with van der Waals surface area (Å²) in [6, 6.07) is 1.65. The number of rotatable bonds is 3. The van der Waals surface area contributed by atoms with Crippen LogP contribution in [0.3, 0.4) is 0 Å². The Morgan fingerprint density at radius 1 is 1.47 bits per heavy atom. The molecule has 0 aromatic carbocycles. The maximum atomic E-state index is 3.77. The SMILES string of the molecule is CC1SC(C2CC2NC2CCC2)=CN1C. The molecule has 0 saturated heterocycles. The van der Waals surface area contributed by atoms with Crippen molar-refractivity contribution in [2.75, 3.05) is 7.05 Å². The average molecular weight is 224 g/mol. The lowest BCUT2D eigenvalue weighted by Crippen LogP contribution is -2.37.